The van der Waals surface area contributed by atoms with E-state index in [4.69, 9.17) is 11.6 Å². The predicted molar refractivity (Wildman–Crippen MR) is 95.9 cm³/mol. The van der Waals surface area contributed by atoms with Crippen LogP contribution in [0.3, 0.4) is 0 Å². The maximum atomic E-state index is 12.2. The smallest absolute Gasteiger partial charge is 0.270 e. The topological polar surface area (TPSA) is 103 Å². The van der Waals surface area contributed by atoms with Gasteiger partial charge in [-0.15, -0.1) is 0 Å². The minimum atomic E-state index is -0.565. The van der Waals surface area contributed by atoms with Crippen LogP contribution in [-0.2, 0) is 6.54 Å². The van der Waals surface area contributed by atoms with Gasteiger partial charge in [-0.1, -0.05) is 17.7 Å². The second-order valence-electron chi connectivity index (χ2n) is 5.36. The van der Waals surface area contributed by atoms with Crippen molar-refractivity contribution in [2.45, 2.75) is 6.54 Å². The molecule has 2 aromatic heterocycles. The molecule has 2 heterocycles. The molecule has 0 aliphatic rings. The Hall–Kier alpha value is -3.26. The first-order chi connectivity index (χ1) is 12.5. The highest BCUT2D eigenvalue weighted by molar-refractivity contribution is 6.34. The van der Waals surface area contributed by atoms with Crippen molar-refractivity contribution in [3.63, 3.8) is 0 Å². The van der Waals surface area contributed by atoms with Gasteiger partial charge in [-0.05, 0) is 24.3 Å². The molecule has 0 atom stereocenters. The van der Waals surface area contributed by atoms with Crippen molar-refractivity contribution in [1.82, 2.24) is 20.1 Å². The van der Waals surface area contributed by atoms with E-state index >= 15 is 0 Å². The maximum Gasteiger partial charge on any atom is 0.270 e. The van der Waals surface area contributed by atoms with Gasteiger partial charge in [0.15, 0.2) is 0 Å². The lowest BCUT2D eigenvalue weighted by Crippen LogP contribution is -2.27. The van der Waals surface area contributed by atoms with Crippen LogP contribution in [0.5, 0.6) is 0 Å². The average Bonchev–Trinajstić information content (AvgIpc) is 3.11. The van der Waals surface area contributed by atoms with Gasteiger partial charge in [0.05, 0.1) is 27.7 Å². The van der Waals surface area contributed by atoms with E-state index in [2.05, 4.69) is 15.4 Å². The average molecular weight is 372 g/mol. The molecule has 0 radical (unpaired) electrons. The summed E-state index contributed by atoms with van der Waals surface area (Å²) in [5, 5.41) is 17.9. The third-order valence-corrected chi connectivity index (χ3v) is 3.92. The van der Waals surface area contributed by atoms with Crippen molar-refractivity contribution in [3.8, 4) is 11.4 Å². The molecule has 9 heteroatoms. The van der Waals surface area contributed by atoms with Gasteiger partial charge >= 0.3 is 0 Å². The Morgan fingerprint density at radius 1 is 1.23 bits per heavy atom. The van der Waals surface area contributed by atoms with Crippen LogP contribution in [0.25, 0.3) is 11.4 Å². The first kappa shape index (κ1) is 17.6. The SMILES string of the molecule is O=C(NCCn1ccc(-c2ccccn2)n1)c1ccc([N+](=O)[O-])cc1Cl. The standard InChI is InChI=1S/C17H14ClN5O3/c18-14-11-12(23(25)26)4-5-13(14)17(24)20-8-10-22-9-6-16(21-22)15-3-1-2-7-19-15/h1-7,9,11H,8,10H2,(H,20,24). The molecule has 0 aliphatic carbocycles. The number of hydrogen-bond acceptors (Lipinski definition) is 5. The summed E-state index contributed by atoms with van der Waals surface area (Å²) in [6.45, 7) is 0.790. The maximum absolute atomic E-state index is 12.2. The quantitative estimate of drug-likeness (QED) is 0.530. The Balaban J connectivity index is 1.58. The number of nitro groups is 1. The summed E-state index contributed by atoms with van der Waals surface area (Å²) >= 11 is 5.95. The Bertz CT molecular complexity index is 943. The van der Waals surface area contributed by atoms with Crippen LogP contribution >= 0.6 is 11.6 Å². The summed E-state index contributed by atoms with van der Waals surface area (Å²) in [5.74, 6) is -0.401. The van der Waals surface area contributed by atoms with Crippen LogP contribution < -0.4 is 5.32 Å². The van der Waals surface area contributed by atoms with E-state index in [9.17, 15) is 14.9 Å². The van der Waals surface area contributed by atoms with Crippen LogP contribution in [0, 0.1) is 10.1 Å². The van der Waals surface area contributed by atoms with Crippen LogP contribution in [-0.4, -0.2) is 32.1 Å². The van der Waals surface area contributed by atoms with Crippen molar-refractivity contribution in [3.05, 3.63) is 75.6 Å². The van der Waals surface area contributed by atoms with Crippen molar-refractivity contribution in [2.24, 2.45) is 0 Å². The first-order valence-electron chi connectivity index (χ1n) is 7.71. The lowest BCUT2D eigenvalue weighted by Gasteiger charge is -2.07. The molecule has 0 aliphatic heterocycles. The number of nitro benzene ring substituents is 1. The number of aromatic nitrogens is 3. The molecule has 0 unspecified atom stereocenters. The monoisotopic (exact) mass is 371 g/mol. The van der Waals surface area contributed by atoms with Gasteiger partial charge < -0.3 is 5.32 Å². The minimum absolute atomic E-state index is 0.0354. The van der Waals surface area contributed by atoms with Gasteiger partial charge in [-0.2, -0.15) is 5.10 Å². The van der Waals surface area contributed by atoms with Crippen LogP contribution in [0.15, 0.2) is 54.9 Å². The van der Waals surface area contributed by atoms with Gasteiger partial charge in [-0.3, -0.25) is 24.6 Å². The number of pyridine rings is 1. The normalized spacial score (nSPS) is 10.5. The molecule has 0 fully saturated rings. The van der Waals surface area contributed by atoms with E-state index in [1.54, 1.807) is 17.1 Å². The second-order valence-corrected chi connectivity index (χ2v) is 5.76. The van der Waals surface area contributed by atoms with Crippen LogP contribution in [0.4, 0.5) is 5.69 Å². The zero-order valence-electron chi connectivity index (χ0n) is 13.5. The minimum Gasteiger partial charge on any atom is -0.350 e. The van der Waals surface area contributed by atoms with Gasteiger partial charge in [0.1, 0.15) is 5.69 Å². The number of halogens is 1. The van der Waals surface area contributed by atoms with Gasteiger partial charge in [0.25, 0.3) is 11.6 Å². The fourth-order valence-corrected chi connectivity index (χ4v) is 2.58. The third kappa shape index (κ3) is 4.04. The Morgan fingerprint density at radius 2 is 2.08 bits per heavy atom. The van der Waals surface area contributed by atoms with Crippen LogP contribution in [0.1, 0.15) is 10.4 Å². The highest BCUT2D eigenvalue weighted by atomic mass is 35.5. The van der Waals surface area contributed by atoms with E-state index in [-0.39, 0.29) is 16.3 Å². The predicted octanol–water partition coefficient (Wildman–Crippen LogP) is 2.94. The molecule has 1 aromatic carbocycles. The fraction of sp³-hybridized carbons (Fsp3) is 0.118. The van der Waals surface area contributed by atoms with E-state index in [0.29, 0.717) is 13.1 Å². The molecule has 0 bridgehead atoms. The number of carbonyl (C=O) groups is 1. The molecule has 0 saturated heterocycles. The number of hydrogen-bond donors (Lipinski definition) is 1. The Labute approximate surface area is 153 Å². The summed E-state index contributed by atoms with van der Waals surface area (Å²) < 4.78 is 1.70. The van der Waals surface area contributed by atoms with Gasteiger partial charge in [0, 0.05) is 31.1 Å². The number of amides is 1. The van der Waals surface area contributed by atoms with Crippen LogP contribution in [0.2, 0.25) is 5.02 Å². The molecule has 0 saturated carbocycles. The summed E-state index contributed by atoms with van der Waals surface area (Å²) in [6, 6.07) is 11.2. The highest BCUT2D eigenvalue weighted by Crippen LogP contribution is 2.22. The van der Waals surface area contributed by atoms with E-state index in [1.807, 2.05) is 24.3 Å². The fourth-order valence-electron chi connectivity index (χ4n) is 2.32. The number of nitrogens with one attached hydrogen (secondary N) is 1. The molecule has 1 N–H and O–H groups in total. The zero-order valence-corrected chi connectivity index (χ0v) is 14.3. The van der Waals surface area contributed by atoms with E-state index in [1.165, 1.54) is 12.1 Å². The second kappa shape index (κ2) is 7.75. The van der Waals surface area contributed by atoms with Crippen molar-refractivity contribution < 1.29 is 9.72 Å². The first-order valence-corrected chi connectivity index (χ1v) is 8.09. The van der Waals surface area contributed by atoms with E-state index < -0.39 is 10.8 Å². The third-order valence-electron chi connectivity index (χ3n) is 3.60. The Kier molecular flexibility index (Phi) is 5.23. The molecule has 0 spiro atoms. The largest absolute Gasteiger partial charge is 0.350 e. The van der Waals surface area contributed by atoms with Gasteiger partial charge in [-0.25, -0.2) is 0 Å². The molecule has 3 rings (SSSR count). The zero-order chi connectivity index (χ0) is 18.5. The number of non-ortho nitro benzene ring substituents is 1. The summed E-state index contributed by atoms with van der Waals surface area (Å²) in [5.41, 5.74) is 1.54. The molecule has 26 heavy (non-hydrogen) atoms. The van der Waals surface area contributed by atoms with E-state index in [0.717, 1.165) is 17.5 Å². The summed E-state index contributed by atoms with van der Waals surface area (Å²) in [4.78, 5) is 26.5. The van der Waals surface area contributed by atoms with Crippen molar-refractivity contribution in [1.29, 1.82) is 0 Å². The lowest BCUT2D eigenvalue weighted by molar-refractivity contribution is -0.384. The number of rotatable bonds is 6. The number of nitrogens with zero attached hydrogens (tertiary/aromatic N) is 4. The van der Waals surface area contributed by atoms with Crippen molar-refractivity contribution in [2.75, 3.05) is 6.54 Å². The summed E-state index contributed by atoms with van der Waals surface area (Å²) in [6.07, 6.45) is 3.50. The Morgan fingerprint density at radius 3 is 2.77 bits per heavy atom. The molecule has 8 nitrogen and oxygen atoms in total. The molecular formula is C17H14ClN5O3. The molecule has 1 amide bonds. The number of carbonyl (C=O) groups excluding carboxylic acids is 1. The highest BCUT2D eigenvalue weighted by Gasteiger charge is 2.14. The summed E-state index contributed by atoms with van der Waals surface area (Å²) in [7, 11) is 0. The molecule has 3 aromatic rings. The molecular weight excluding hydrogens is 358 g/mol. The van der Waals surface area contributed by atoms with Crippen molar-refractivity contribution >= 4 is 23.2 Å². The number of benzene rings is 1. The van der Waals surface area contributed by atoms with Gasteiger partial charge in [0.2, 0.25) is 0 Å². The molecule has 132 valence electrons. The lowest BCUT2D eigenvalue weighted by atomic mass is 10.2.